The number of alkyl halides is 2. The molecule has 10 nitrogen and oxygen atoms in total. The Morgan fingerprint density at radius 3 is 2.57 bits per heavy atom. The van der Waals surface area contributed by atoms with Crippen molar-refractivity contribution in [3.63, 3.8) is 0 Å². The quantitative estimate of drug-likeness (QED) is 0.403. The van der Waals surface area contributed by atoms with Crippen LogP contribution in [0.25, 0.3) is 16.6 Å². The fourth-order valence-corrected chi connectivity index (χ4v) is 5.73. The van der Waals surface area contributed by atoms with Crippen molar-refractivity contribution in [2.75, 3.05) is 23.4 Å². The summed E-state index contributed by atoms with van der Waals surface area (Å²) in [6.07, 6.45) is 1.85. The number of fused-ring (bicyclic) bond motifs is 1. The number of amides is 1. The lowest BCUT2D eigenvalue weighted by molar-refractivity contribution is -0.0122. The van der Waals surface area contributed by atoms with Crippen LogP contribution in [-0.2, 0) is 27.5 Å². The number of pyridine rings is 1. The topological polar surface area (TPSA) is 132 Å². The van der Waals surface area contributed by atoms with Crippen molar-refractivity contribution in [2.24, 2.45) is 7.05 Å². The van der Waals surface area contributed by atoms with Crippen molar-refractivity contribution in [1.82, 2.24) is 19.9 Å². The van der Waals surface area contributed by atoms with E-state index in [1.165, 1.54) is 36.2 Å². The van der Waals surface area contributed by atoms with Crippen LogP contribution in [0.5, 0.6) is 0 Å². The maximum absolute atomic E-state index is 15.5. The molecule has 0 bridgehead atoms. The molecule has 2 aromatic heterocycles. The van der Waals surface area contributed by atoms with Gasteiger partial charge in [0.05, 0.1) is 35.0 Å². The molecule has 1 aliphatic rings. The zero-order valence-electron chi connectivity index (χ0n) is 23.8. The lowest BCUT2D eigenvalue weighted by atomic mass is 9.99. The molecule has 0 aliphatic carbocycles. The van der Waals surface area contributed by atoms with Gasteiger partial charge in [-0.2, -0.15) is 8.78 Å². The maximum Gasteiger partial charge on any atom is 0.407 e. The minimum absolute atomic E-state index is 0.0820. The predicted octanol–water partition coefficient (Wildman–Crippen LogP) is 4.46. The van der Waals surface area contributed by atoms with Gasteiger partial charge in [-0.05, 0) is 51.8 Å². The van der Waals surface area contributed by atoms with Crippen LogP contribution in [0.1, 0.15) is 56.8 Å². The lowest BCUT2D eigenvalue weighted by Crippen LogP contribution is -2.39. The van der Waals surface area contributed by atoms with Gasteiger partial charge in [0.1, 0.15) is 29.2 Å². The van der Waals surface area contributed by atoms with Crippen LogP contribution in [0.15, 0.2) is 41.5 Å². The summed E-state index contributed by atoms with van der Waals surface area (Å²) in [6, 6.07) is 4.28. The van der Waals surface area contributed by atoms with E-state index in [0.29, 0.717) is 11.0 Å². The fourth-order valence-electron chi connectivity index (χ4n) is 4.58. The van der Waals surface area contributed by atoms with Crippen LogP contribution in [0.4, 0.5) is 23.8 Å². The summed E-state index contributed by atoms with van der Waals surface area (Å²) in [7, 11) is -1.70. The molecular weight excluding hydrogens is 575 g/mol. The van der Waals surface area contributed by atoms with Crippen molar-refractivity contribution in [2.45, 2.75) is 51.7 Å². The smallest absolute Gasteiger partial charge is 0.407 e. The van der Waals surface area contributed by atoms with Gasteiger partial charge in [-0.25, -0.2) is 27.6 Å². The van der Waals surface area contributed by atoms with E-state index in [-0.39, 0.29) is 46.1 Å². The summed E-state index contributed by atoms with van der Waals surface area (Å²) in [6.45, 7) is 5.15. The molecule has 1 atom stereocenters. The van der Waals surface area contributed by atoms with E-state index in [9.17, 15) is 18.0 Å². The van der Waals surface area contributed by atoms with Gasteiger partial charge in [-0.1, -0.05) is 18.2 Å². The summed E-state index contributed by atoms with van der Waals surface area (Å²) < 4.78 is 75.6. The van der Waals surface area contributed by atoms with Crippen LogP contribution in [0.2, 0.25) is 0 Å². The van der Waals surface area contributed by atoms with E-state index >= 15 is 13.2 Å². The largest absolute Gasteiger partial charge is 0.444 e. The lowest BCUT2D eigenvalue weighted by Gasteiger charge is -2.24. The molecule has 1 aromatic carbocycles. The zero-order valence-corrected chi connectivity index (χ0v) is 24.6. The molecule has 2 N–H and O–H groups in total. The number of nitrogens with one attached hydrogen (secondary N) is 2. The third kappa shape index (κ3) is 6.75. The standard InChI is InChI=1S/C28H32F3N5O5S/c1-16(18-7-6-8-21(22(18)29)28(30,31)14-32-26(38)41-27(2,3)4)35-23-20-13-19(17-9-11-42(39,40)12-10-17)25(37)36(5)24(20)34-15-33-23/h6-9,13,15-16H,10-12,14H2,1-5H3,(H,32,38)(H,33,34,35)/t16-/m1/s1. The van der Waals surface area contributed by atoms with Gasteiger partial charge in [0, 0.05) is 18.2 Å². The SMILES string of the molecule is C[C@@H](Nc1ncnc2c1cc(C1=CCS(=O)(=O)CC1)c(=O)n2C)c1cccc(C(F)(F)CNC(=O)OC(C)(C)C)c1F. The number of sulfone groups is 1. The van der Waals surface area contributed by atoms with Gasteiger partial charge in [-0.15, -0.1) is 0 Å². The molecule has 3 aromatic rings. The van der Waals surface area contributed by atoms with E-state index in [4.69, 9.17) is 4.74 Å². The van der Waals surface area contributed by atoms with E-state index in [0.717, 1.165) is 6.07 Å². The summed E-state index contributed by atoms with van der Waals surface area (Å²) in [4.78, 5) is 33.4. The Morgan fingerprint density at radius 2 is 1.93 bits per heavy atom. The highest BCUT2D eigenvalue weighted by molar-refractivity contribution is 7.91. The average molecular weight is 608 g/mol. The third-order valence-corrected chi connectivity index (χ3v) is 8.21. The van der Waals surface area contributed by atoms with E-state index in [1.54, 1.807) is 33.8 Å². The predicted molar refractivity (Wildman–Crippen MR) is 153 cm³/mol. The number of hydrogen-bond donors (Lipinski definition) is 2. The highest BCUT2D eigenvalue weighted by atomic mass is 32.2. The number of benzene rings is 1. The Balaban J connectivity index is 1.64. The number of alkyl carbamates (subject to hydrolysis) is 1. The fraction of sp³-hybridized carbons (Fsp3) is 0.429. The van der Waals surface area contributed by atoms with Crippen LogP contribution in [0.3, 0.4) is 0 Å². The second-order valence-electron chi connectivity index (χ2n) is 11.1. The van der Waals surface area contributed by atoms with Gasteiger partial charge >= 0.3 is 6.09 Å². The Morgan fingerprint density at radius 1 is 1.21 bits per heavy atom. The number of rotatable bonds is 7. The number of carbonyl (C=O) groups excluding carboxylic acids is 1. The molecule has 0 unspecified atom stereocenters. The van der Waals surface area contributed by atoms with Gasteiger partial charge in [0.25, 0.3) is 11.5 Å². The van der Waals surface area contributed by atoms with Gasteiger partial charge < -0.3 is 15.4 Å². The minimum Gasteiger partial charge on any atom is -0.444 e. The maximum atomic E-state index is 15.5. The van der Waals surface area contributed by atoms with Gasteiger partial charge in [0.15, 0.2) is 9.84 Å². The first kappa shape index (κ1) is 31.0. The number of halogens is 3. The molecule has 0 fully saturated rings. The van der Waals surface area contributed by atoms with Crippen molar-refractivity contribution in [3.8, 4) is 0 Å². The van der Waals surface area contributed by atoms with Gasteiger partial charge in [0.2, 0.25) is 0 Å². The number of nitrogens with zero attached hydrogens (tertiary/aromatic N) is 3. The molecule has 0 radical (unpaired) electrons. The molecule has 1 aliphatic heterocycles. The second-order valence-corrected chi connectivity index (χ2v) is 13.3. The van der Waals surface area contributed by atoms with Crippen molar-refractivity contribution in [1.29, 1.82) is 0 Å². The Kier molecular flexibility index (Phi) is 8.40. The molecule has 14 heteroatoms. The average Bonchev–Trinajstić information content (AvgIpc) is 2.89. The monoisotopic (exact) mass is 607 g/mol. The van der Waals surface area contributed by atoms with Crippen molar-refractivity contribution in [3.05, 3.63) is 69.5 Å². The molecule has 0 spiro atoms. The highest BCUT2D eigenvalue weighted by Crippen LogP contribution is 2.34. The molecule has 42 heavy (non-hydrogen) atoms. The first-order valence-corrected chi connectivity index (χ1v) is 15.0. The van der Waals surface area contributed by atoms with Crippen LogP contribution < -0.4 is 16.2 Å². The molecule has 226 valence electrons. The number of carbonyl (C=O) groups is 1. The van der Waals surface area contributed by atoms with Gasteiger partial charge in [-0.3, -0.25) is 9.36 Å². The van der Waals surface area contributed by atoms with Crippen LogP contribution >= 0.6 is 0 Å². The molecule has 0 saturated carbocycles. The number of hydrogen-bond acceptors (Lipinski definition) is 8. The first-order valence-electron chi connectivity index (χ1n) is 13.1. The van der Waals surface area contributed by atoms with E-state index in [2.05, 4.69) is 15.3 Å². The van der Waals surface area contributed by atoms with E-state index in [1.807, 2.05) is 5.32 Å². The van der Waals surface area contributed by atoms with E-state index < -0.39 is 51.4 Å². The number of allylic oxidation sites excluding steroid dienone is 1. The molecule has 1 amide bonds. The van der Waals surface area contributed by atoms with Crippen molar-refractivity contribution < 1.29 is 31.1 Å². The molecule has 3 heterocycles. The Labute approximate surface area is 240 Å². The number of aryl methyl sites for hydroxylation is 1. The van der Waals surface area contributed by atoms with Crippen LogP contribution in [-0.4, -0.2) is 52.7 Å². The zero-order chi connectivity index (χ0) is 31.0. The van der Waals surface area contributed by atoms with Crippen LogP contribution in [0, 0.1) is 5.82 Å². The highest BCUT2D eigenvalue weighted by Gasteiger charge is 2.37. The second kappa shape index (κ2) is 11.4. The molecule has 4 rings (SSSR count). The Bertz CT molecular complexity index is 1730. The third-order valence-electron chi connectivity index (χ3n) is 6.71. The minimum atomic E-state index is -3.74. The Hall–Kier alpha value is -3.94. The normalized spacial score (nSPS) is 16.0. The number of aromatic nitrogens is 3. The molecule has 0 saturated heterocycles. The number of anilines is 1. The number of ether oxygens (including phenoxy) is 1. The summed E-state index contributed by atoms with van der Waals surface area (Å²) in [5.74, 6) is -4.94. The van der Waals surface area contributed by atoms with Crippen molar-refractivity contribution >= 4 is 38.4 Å². The summed E-state index contributed by atoms with van der Waals surface area (Å²) in [5.41, 5.74) is -1.11. The first-order chi connectivity index (χ1) is 19.5. The summed E-state index contributed by atoms with van der Waals surface area (Å²) >= 11 is 0. The summed E-state index contributed by atoms with van der Waals surface area (Å²) in [5, 5.41) is 5.42. The molecular formula is C28H32F3N5O5S.